The van der Waals surface area contributed by atoms with Crippen molar-refractivity contribution in [3.05, 3.63) is 21.0 Å². The Morgan fingerprint density at radius 2 is 2.12 bits per heavy atom. The summed E-state index contributed by atoms with van der Waals surface area (Å²) in [4.78, 5) is 13.9. The van der Waals surface area contributed by atoms with Crippen molar-refractivity contribution in [2.24, 2.45) is 0 Å². The number of ether oxygens (including phenoxy) is 1. The van der Waals surface area contributed by atoms with Crippen LogP contribution in [0.4, 0.5) is 17.6 Å². The zero-order chi connectivity index (χ0) is 13.2. The van der Waals surface area contributed by atoms with E-state index in [9.17, 15) is 22.4 Å². The highest BCUT2D eigenvalue weighted by Gasteiger charge is 2.33. The van der Waals surface area contributed by atoms with Gasteiger partial charge in [0.05, 0.1) is 9.77 Å². The molecule has 9 heteroatoms. The zero-order valence-corrected chi connectivity index (χ0v) is 10.0. The fraction of sp³-hybridized carbons (Fsp3) is 0.250. The van der Waals surface area contributed by atoms with Crippen LogP contribution in [0.2, 0.25) is 0 Å². The SMILES string of the molecule is O=C(O)c1ncc(OC(F)(F)F)c(I)c1CF. The molecule has 17 heavy (non-hydrogen) atoms. The molecule has 0 atom stereocenters. The molecule has 0 fully saturated rings. The second-order valence-electron chi connectivity index (χ2n) is 2.75. The second-order valence-corrected chi connectivity index (χ2v) is 3.83. The van der Waals surface area contributed by atoms with E-state index >= 15 is 0 Å². The van der Waals surface area contributed by atoms with Crippen LogP contribution in [0.5, 0.6) is 5.75 Å². The molecule has 0 saturated heterocycles. The summed E-state index contributed by atoms with van der Waals surface area (Å²) in [5, 5.41) is 8.65. The Labute approximate surface area is 106 Å². The van der Waals surface area contributed by atoms with Crippen LogP contribution in [-0.2, 0) is 6.67 Å². The van der Waals surface area contributed by atoms with Crippen molar-refractivity contribution in [2.75, 3.05) is 0 Å². The number of nitrogens with zero attached hydrogens (tertiary/aromatic N) is 1. The standard InChI is InChI=1S/C8H4F4INO3/c9-1-3-5(13)4(17-8(10,11)12)2-14-6(3)7(15)16/h2H,1H2,(H,15,16). The first-order chi connectivity index (χ1) is 7.76. The number of carboxylic acids is 1. The summed E-state index contributed by atoms with van der Waals surface area (Å²) in [6, 6.07) is 0. The molecule has 1 aromatic rings. The molecule has 0 spiro atoms. The number of carbonyl (C=O) groups is 1. The van der Waals surface area contributed by atoms with E-state index in [0.717, 1.165) is 0 Å². The van der Waals surface area contributed by atoms with Crippen LogP contribution in [0.1, 0.15) is 16.1 Å². The highest BCUT2D eigenvalue weighted by molar-refractivity contribution is 14.1. The predicted molar refractivity (Wildman–Crippen MR) is 55.4 cm³/mol. The highest BCUT2D eigenvalue weighted by atomic mass is 127. The minimum atomic E-state index is -4.94. The van der Waals surface area contributed by atoms with Crippen LogP contribution in [0.15, 0.2) is 6.20 Å². The van der Waals surface area contributed by atoms with E-state index in [2.05, 4.69) is 9.72 Å². The minimum absolute atomic E-state index is 0.269. The molecule has 1 rings (SSSR count). The van der Waals surface area contributed by atoms with Crippen molar-refractivity contribution in [3.8, 4) is 5.75 Å². The molecule has 1 heterocycles. The molecule has 0 aromatic carbocycles. The number of hydrogen-bond acceptors (Lipinski definition) is 3. The van der Waals surface area contributed by atoms with Crippen LogP contribution in [0.3, 0.4) is 0 Å². The molecule has 1 N–H and O–H groups in total. The fourth-order valence-electron chi connectivity index (χ4n) is 1.01. The van der Waals surface area contributed by atoms with Gasteiger partial charge in [-0.15, -0.1) is 13.2 Å². The van der Waals surface area contributed by atoms with E-state index in [4.69, 9.17) is 5.11 Å². The smallest absolute Gasteiger partial charge is 0.477 e. The van der Waals surface area contributed by atoms with Gasteiger partial charge in [-0.25, -0.2) is 14.2 Å². The van der Waals surface area contributed by atoms with Crippen molar-refractivity contribution < 1.29 is 32.2 Å². The Balaban J connectivity index is 3.25. The monoisotopic (exact) mass is 365 g/mol. The number of aromatic nitrogens is 1. The second kappa shape index (κ2) is 5.02. The Bertz CT molecular complexity index is 449. The number of alkyl halides is 4. The molecule has 0 aliphatic carbocycles. The van der Waals surface area contributed by atoms with Gasteiger partial charge in [0.25, 0.3) is 0 Å². The molecule has 94 valence electrons. The van der Waals surface area contributed by atoms with Gasteiger partial charge in [-0.1, -0.05) is 0 Å². The van der Waals surface area contributed by atoms with Crippen LogP contribution in [0, 0.1) is 3.57 Å². The van der Waals surface area contributed by atoms with Crippen LogP contribution < -0.4 is 4.74 Å². The lowest BCUT2D eigenvalue weighted by atomic mass is 10.2. The summed E-state index contributed by atoms with van der Waals surface area (Å²) in [5.41, 5.74) is -1.08. The van der Waals surface area contributed by atoms with E-state index in [1.807, 2.05) is 0 Å². The van der Waals surface area contributed by atoms with Crippen LogP contribution >= 0.6 is 22.6 Å². The van der Waals surface area contributed by atoms with E-state index in [1.54, 1.807) is 0 Å². The average Bonchev–Trinajstić information content (AvgIpc) is 2.18. The molecule has 0 aliphatic rings. The number of pyridine rings is 1. The van der Waals surface area contributed by atoms with Gasteiger partial charge in [-0.05, 0) is 22.6 Å². The van der Waals surface area contributed by atoms with E-state index < -0.39 is 36.0 Å². The third-order valence-electron chi connectivity index (χ3n) is 1.64. The number of aromatic carboxylic acids is 1. The minimum Gasteiger partial charge on any atom is -0.477 e. The normalized spacial score (nSPS) is 11.4. The van der Waals surface area contributed by atoms with Crippen molar-refractivity contribution >= 4 is 28.6 Å². The first-order valence-corrected chi connectivity index (χ1v) is 5.06. The maximum Gasteiger partial charge on any atom is 0.573 e. The molecule has 1 aromatic heterocycles. The molecule has 0 radical (unpaired) electrons. The third kappa shape index (κ3) is 3.41. The lowest BCUT2D eigenvalue weighted by molar-refractivity contribution is -0.275. The Morgan fingerprint density at radius 3 is 2.53 bits per heavy atom. The Kier molecular flexibility index (Phi) is 4.11. The molecule has 0 bridgehead atoms. The van der Waals surface area contributed by atoms with E-state index in [1.165, 1.54) is 22.6 Å². The Morgan fingerprint density at radius 1 is 1.53 bits per heavy atom. The first kappa shape index (κ1) is 13.9. The average molecular weight is 365 g/mol. The molecular formula is C8H4F4INO3. The van der Waals surface area contributed by atoms with Gasteiger partial charge in [0.2, 0.25) is 0 Å². The van der Waals surface area contributed by atoms with Gasteiger partial charge in [0, 0.05) is 5.56 Å². The number of hydrogen-bond donors (Lipinski definition) is 1. The number of halogens is 5. The lowest BCUT2D eigenvalue weighted by Crippen LogP contribution is -2.19. The quantitative estimate of drug-likeness (QED) is 0.661. The van der Waals surface area contributed by atoms with Crippen LogP contribution in [-0.4, -0.2) is 22.4 Å². The molecule has 0 unspecified atom stereocenters. The van der Waals surface area contributed by atoms with Crippen molar-refractivity contribution in [1.82, 2.24) is 4.98 Å². The predicted octanol–water partition coefficient (Wildman–Crippen LogP) is 2.75. The summed E-state index contributed by atoms with van der Waals surface area (Å²) in [6.45, 7) is -1.25. The zero-order valence-electron chi connectivity index (χ0n) is 7.89. The maximum atomic E-state index is 12.6. The van der Waals surface area contributed by atoms with Crippen molar-refractivity contribution in [3.63, 3.8) is 0 Å². The van der Waals surface area contributed by atoms with Gasteiger partial charge >= 0.3 is 12.3 Å². The van der Waals surface area contributed by atoms with Gasteiger partial charge in [-0.3, -0.25) is 0 Å². The van der Waals surface area contributed by atoms with Gasteiger partial charge in [0.1, 0.15) is 6.67 Å². The van der Waals surface area contributed by atoms with Gasteiger partial charge < -0.3 is 9.84 Å². The summed E-state index contributed by atoms with van der Waals surface area (Å²) in [5.74, 6) is -2.25. The third-order valence-corrected chi connectivity index (χ3v) is 2.82. The maximum absolute atomic E-state index is 12.6. The number of rotatable bonds is 3. The molecule has 4 nitrogen and oxygen atoms in total. The summed E-state index contributed by atoms with van der Waals surface area (Å²) in [6.07, 6.45) is -4.35. The number of carboxylic acid groups (broad SMARTS) is 1. The highest BCUT2D eigenvalue weighted by Crippen LogP contribution is 2.30. The van der Waals surface area contributed by atoms with E-state index in [-0.39, 0.29) is 3.57 Å². The largest absolute Gasteiger partial charge is 0.573 e. The summed E-state index contributed by atoms with van der Waals surface area (Å²) in [7, 11) is 0. The van der Waals surface area contributed by atoms with Gasteiger partial charge in [-0.2, -0.15) is 0 Å². The summed E-state index contributed by atoms with van der Waals surface area (Å²) < 4.78 is 51.7. The molecule has 0 amide bonds. The van der Waals surface area contributed by atoms with Crippen LogP contribution in [0.25, 0.3) is 0 Å². The fourth-order valence-corrected chi connectivity index (χ4v) is 1.66. The van der Waals surface area contributed by atoms with E-state index in [0.29, 0.717) is 6.20 Å². The molecular weight excluding hydrogens is 361 g/mol. The topological polar surface area (TPSA) is 59.4 Å². The van der Waals surface area contributed by atoms with Crippen molar-refractivity contribution in [2.45, 2.75) is 13.0 Å². The Hall–Kier alpha value is -1.13. The molecule has 0 aliphatic heterocycles. The van der Waals surface area contributed by atoms with Gasteiger partial charge in [0.15, 0.2) is 11.4 Å². The van der Waals surface area contributed by atoms with Crippen molar-refractivity contribution in [1.29, 1.82) is 0 Å². The molecule has 0 saturated carbocycles. The lowest BCUT2D eigenvalue weighted by Gasteiger charge is -2.12. The first-order valence-electron chi connectivity index (χ1n) is 3.98. The summed E-state index contributed by atoms with van der Waals surface area (Å²) >= 11 is 1.37.